The molecular formula is C25H30N2O3. The van der Waals surface area contributed by atoms with Gasteiger partial charge in [-0.3, -0.25) is 4.79 Å². The number of pyridine rings is 1. The number of nitrogens with zero attached hydrogens (tertiary/aromatic N) is 2. The molecule has 0 atom stereocenters. The zero-order valence-electron chi connectivity index (χ0n) is 18.2. The molecule has 5 heteroatoms. The molecule has 1 fully saturated rings. The normalized spacial score (nSPS) is 19.2. The summed E-state index contributed by atoms with van der Waals surface area (Å²) in [5.74, 6) is 1.15. The van der Waals surface area contributed by atoms with Crippen molar-refractivity contribution in [3.05, 3.63) is 58.8 Å². The summed E-state index contributed by atoms with van der Waals surface area (Å²) in [5, 5.41) is 0.654. The van der Waals surface area contributed by atoms with E-state index in [1.165, 1.54) is 0 Å². The fraction of sp³-hybridized carbons (Fsp3) is 0.400. The number of methoxy groups -OCH3 is 1. The third-order valence-electron chi connectivity index (χ3n) is 6.28. The molecule has 4 rings (SSSR count). The molecule has 0 bridgehead atoms. The Labute approximate surface area is 177 Å². The van der Waals surface area contributed by atoms with E-state index >= 15 is 0 Å². The third kappa shape index (κ3) is 3.70. The summed E-state index contributed by atoms with van der Waals surface area (Å²) in [6, 6.07) is 16.2. The lowest BCUT2D eigenvalue weighted by molar-refractivity contribution is 0.111. The van der Waals surface area contributed by atoms with Crippen LogP contribution in [-0.2, 0) is 7.05 Å². The summed E-state index contributed by atoms with van der Waals surface area (Å²) < 4.78 is 14.1. The molecule has 0 radical (unpaired) electrons. The lowest BCUT2D eigenvalue weighted by atomic mass is 9.92. The summed E-state index contributed by atoms with van der Waals surface area (Å²) in [4.78, 5) is 15.4. The predicted octanol–water partition coefficient (Wildman–Crippen LogP) is 4.47. The van der Waals surface area contributed by atoms with Gasteiger partial charge in [-0.05, 0) is 64.0 Å². The number of hydrogen-bond acceptors (Lipinski definition) is 4. The minimum absolute atomic E-state index is 0.0949. The van der Waals surface area contributed by atoms with E-state index in [0.29, 0.717) is 17.2 Å². The molecule has 0 aliphatic heterocycles. The van der Waals surface area contributed by atoms with Gasteiger partial charge in [0.2, 0.25) is 5.43 Å². The summed E-state index contributed by atoms with van der Waals surface area (Å²) in [7, 11) is 7.82. The van der Waals surface area contributed by atoms with Gasteiger partial charge in [0.15, 0.2) is 5.75 Å². The second-order valence-corrected chi connectivity index (χ2v) is 8.30. The molecule has 1 aromatic heterocycles. The van der Waals surface area contributed by atoms with Crippen molar-refractivity contribution in [3.8, 4) is 22.8 Å². The molecule has 0 amide bonds. The van der Waals surface area contributed by atoms with Gasteiger partial charge in [0.1, 0.15) is 5.75 Å². The van der Waals surface area contributed by atoms with Crippen LogP contribution < -0.4 is 14.9 Å². The zero-order chi connectivity index (χ0) is 21.3. The summed E-state index contributed by atoms with van der Waals surface area (Å²) in [6.45, 7) is 0. The lowest BCUT2D eigenvalue weighted by Crippen LogP contribution is -2.35. The number of benzene rings is 2. The highest BCUT2D eigenvalue weighted by atomic mass is 16.5. The summed E-state index contributed by atoms with van der Waals surface area (Å²) in [5.41, 5.74) is 2.41. The van der Waals surface area contributed by atoms with Gasteiger partial charge >= 0.3 is 0 Å². The van der Waals surface area contributed by atoms with Crippen molar-refractivity contribution < 1.29 is 9.47 Å². The highest BCUT2D eigenvalue weighted by molar-refractivity contribution is 5.87. The van der Waals surface area contributed by atoms with Crippen LogP contribution >= 0.6 is 0 Å². The van der Waals surface area contributed by atoms with Crippen molar-refractivity contribution in [1.29, 1.82) is 0 Å². The Hall–Kier alpha value is -2.79. The van der Waals surface area contributed by atoms with Crippen LogP contribution in [0, 0.1) is 0 Å². The van der Waals surface area contributed by atoms with E-state index in [1.807, 2.05) is 60.1 Å². The van der Waals surface area contributed by atoms with Crippen LogP contribution in [0.25, 0.3) is 22.2 Å². The van der Waals surface area contributed by atoms with Crippen LogP contribution in [0.5, 0.6) is 11.5 Å². The molecule has 1 aliphatic carbocycles. The van der Waals surface area contributed by atoms with Crippen molar-refractivity contribution in [3.63, 3.8) is 0 Å². The van der Waals surface area contributed by atoms with Crippen LogP contribution in [0.2, 0.25) is 0 Å². The van der Waals surface area contributed by atoms with E-state index in [1.54, 1.807) is 7.11 Å². The number of aromatic nitrogens is 1. The van der Waals surface area contributed by atoms with Crippen molar-refractivity contribution in [2.24, 2.45) is 7.05 Å². The van der Waals surface area contributed by atoms with Crippen LogP contribution in [0.4, 0.5) is 0 Å². The van der Waals surface area contributed by atoms with E-state index in [0.717, 1.165) is 48.2 Å². The first kappa shape index (κ1) is 20.5. The third-order valence-corrected chi connectivity index (χ3v) is 6.28. The number of aryl methyl sites for hydroxylation is 1. The van der Waals surface area contributed by atoms with Gasteiger partial charge in [-0.15, -0.1) is 0 Å². The van der Waals surface area contributed by atoms with E-state index in [-0.39, 0.29) is 11.5 Å². The minimum Gasteiger partial charge on any atom is -0.491 e. The quantitative estimate of drug-likeness (QED) is 0.627. The van der Waals surface area contributed by atoms with Crippen molar-refractivity contribution in [1.82, 2.24) is 9.47 Å². The van der Waals surface area contributed by atoms with Crippen molar-refractivity contribution in [2.45, 2.75) is 37.8 Å². The molecule has 0 saturated heterocycles. The molecule has 1 heterocycles. The second kappa shape index (κ2) is 8.52. The number of ether oxygens (including phenoxy) is 2. The van der Waals surface area contributed by atoms with Crippen LogP contribution in [0.15, 0.2) is 53.3 Å². The molecular weight excluding hydrogens is 376 g/mol. The number of hydrogen-bond donors (Lipinski definition) is 0. The Kier molecular flexibility index (Phi) is 5.82. The molecule has 1 saturated carbocycles. The average molecular weight is 407 g/mol. The molecule has 2 aromatic carbocycles. The SMILES string of the molecule is COc1c(-c2ccccc2OC2CCC(N(C)C)CC2)n(C)c2ccccc2c1=O. The lowest BCUT2D eigenvalue weighted by Gasteiger charge is -2.33. The van der Waals surface area contributed by atoms with Gasteiger partial charge in [-0.1, -0.05) is 24.3 Å². The first-order valence-corrected chi connectivity index (χ1v) is 10.6. The average Bonchev–Trinajstić information content (AvgIpc) is 2.77. The van der Waals surface area contributed by atoms with Crippen LogP contribution in [0.1, 0.15) is 25.7 Å². The monoisotopic (exact) mass is 406 g/mol. The maximum absolute atomic E-state index is 13.1. The van der Waals surface area contributed by atoms with Gasteiger partial charge < -0.3 is 18.9 Å². The van der Waals surface area contributed by atoms with Gasteiger partial charge in [-0.2, -0.15) is 0 Å². The van der Waals surface area contributed by atoms with Gasteiger partial charge in [0.25, 0.3) is 0 Å². The molecule has 1 aliphatic rings. The highest BCUT2D eigenvalue weighted by Gasteiger charge is 2.26. The molecule has 0 N–H and O–H groups in total. The topological polar surface area (TPSA) is 43.7 Å². The fourth-order valence-corrected chi connectivity index (χ4v) is 4.58. The molecule has 5 nitrogen and oxygen atoms in total. The van der Waals surface area contributed by atoms with Crippen LogP contribution in [0.3, 0.4) is 0 Å². The molecule has 158 valence electrons. The predicted molar refractivity (Wildman–Crippen MR) is 122 cm³/mol. The smallest absolute Gasteiger partial charge is 0.231 e. The highest BCUT2D eigenvalue weighted by Crippen LogP contribution is 2.37. The van der Waals surface area contributed by atoms with E-state index in [4.69, 9.17) is 9.47 Å². The first-order chi connectivity index (χ1) is 14.5. The first-order valence-electron chi connectivity index (χ1n) is 10.6. The maximum Gasteiger partial charge on any atom is 0.231 e. The Bertz CT molecular complexity index is 1100. The van der Waals surface area contributed by atoms with E-state index < -0.39 is 0 Å². The Balaban J connectivity index is 1.75. The largest absolute Gasteiger partial charge is 0.491 e. The van der Waals surface area contributed by atoms with Crippen LogP contribution in [-0.4, -0.2) is 42.8 Å². The summed E-state index contributed by atoms with van der Waals surface area (Å²) in [6.07, 6.45) is 4.52. The standard InChI is InChI=1S/C25H30N2O3/c1-26(2)17-13-15-18(16-14-17)30-22-12-8-6-10-20(22)23-25(29-4)24(28)19-9-5-7-11-21(19)27(23)3/h5-12,17-18H,13-16H2,1-4H3. The van der Waals surface area contributed by atoms with E-state index in [2.05, 4.69) is 19.0 Å². The number of para-hydroxylation sites is 2. The summed E-state index contributed by atoms with van der Waals surface area (Å²) >= 11 is 0. The second-order valence-electron chi connectivity index (χ2n) is 8.30. The number of fused-ring (bicyclic) bond motifs is 1. The van der Waals surface area contributed by atoms with Crippen molar-refractivity contribution in [2.75, 3.05) is 21.2 Å². The van der Waals surface area contributed by atoms with Gasteiger partial charge in [0, 0.05) is 24.0 Å². The maximum atomic E-state index is 13.1. The van der Waals surface area contributed by atoms with Gasteiger partial charge in [-0.25, -0.2) is 0 Å². The zero-order valence-corrected chi connectivity index (χ0v) is 18.2. The molecule has 0 unspecified atom stereocenters. The number of rotatable bonds is 5. The molecule has 30 heavy (non-hydrogen) atoms. The van der Waals surface area contributed by atoms with Gasteiger partial charge in [0.05, 0.1) is 24.4 Å². The Morgan fingerprint density at radius 2 is 1.63 bits per heavy atom. The molecule has 0 spiro atoms. The Morgan fingerprint density at radius 1 is 0.967 bits per heavy atom. The van der Waals surface area contributed by atoms with Crippen molar-refractivity contribution >= 4 is 10.9 Å². The minimum atomic E-state index is -0.0949. The molecule has 3 aromatic rings. The Morgan fingerprint density at radius 3 is 2.33 bits per heavy atom. The van der Waals surface area contributed by atoms with E-state index in [9.17, 15) is 4.79 Å². The fourth-order valence-electron chi connectivity index (χ4n) is 4.58.